The monoisotopic (exact) mass is 196 g/mol. The van der Waals surface area contributed by atoms with Crippen LogP contribution in [0.2, 0.25) is 0 Å². The van der Waals surface area contributed by atoms with Crippen LogP contribution in [0.5, 0.6) is 0 Å². The van der Waals surface area contributed by atoms with Gasteiger partial charge in [0.05, 0.1) is 5.41 Å². The summed E-state index contributed by atoms with van der Waals surface area (Å²) in [4.78, 5) is 12.0. The van der Waals surface area contributed by atoms with Crippen LogP contribution < -0.4 is 11.1 Å². The van der Waals surface area contributed by atoms with Crippen LogP contribution in [0.3, 0.4) is 0 Å². The number of nitrogens with two attached hydrogens (primary N) is 1. The molecule has 0 spiro atoms. The molecule has 0 aliphatic heterocycles. The van der Waals surface area contributed by atoms with Crippen LogP contribution in [0, 0.1) is 5.41 Å². The Morgan fingerprint density at radius 3 is 2.43 bits per heavy atom. The molecule has 2 saturated carbocycles. The minimum atomic E-state index is -0.314. The number of nitrogens with one attached hydrogen (secondary N) is 1. The zero-order chi connectivity index (χ0) is 10.4. The summed E-state index contributed by atoms with van der Waals surface area (Å²) >= 11 is 0. The zero-order valence-corrected chi connectivity index (χ0v) is 9.10. The molecule has 2 unspecified atom stereocenters. The van der Waals surface area contributed by atoms with Gasteiger partial charge in [0.2, 0.25) is 5.91 Å². The molecule has 80 valence electrons. The first kappa shape index (κ1) is 9.97. The first-order valence-corrected chi connectivity index (χ1v) is 5.55. The molecule has 0 bridgehead atoms. The maximum atomic E-state index is 12.0. The molecule has 0 aromatic rings. The standard InChI is InChI=1S/C11H20N2O/c1-10(6-7-10)13-9(14)11(2)5-3-4-8(11)12/h8H,3-7,12H2,1-2H3,(H,13,14). The van der Waals surface area contributed by atoms with Gasteiger partial charge in [-0.3, -0.25) is 4.79 Å². The van der Waals surface area contributed by atoms with Crippen molar-refractivity contribution in [3.63, 3.8) is 0 Å². The van der Waals surface area contributed by atoms with E-state index in [9.17, 15) is 4.79 Å². The fourth-order valence-electron chi connectivity index (χ4n) is 2.20. The van der Waals surface area contributed by atoms with Gasteiger partial charge >= 0.3 is 0 Å². The van der Waals surface area contributed by atoms with E-state index in [1.165, 1.54) is 0 Å². The Hall–Kier alpha value is -0.570. The van der Waals surface area contributed by atoms with Crippen molar-refractivity contribution in [3.05, 3.63) is 0 Å². The Morgan fingerprint density at radius 1 is 1.36 bits per heavy atom. The molecule has 2 fully saturated rings. The molecule has 2 aliphatic carbocycles. The van der Waals surface area contributed by atoms with Gasteiger partial charge in [-0.05, 0) is 39.5 Å². The molecular formula is C11H20N2O. The molecule has 0 aromatic heterocycles. The first-order valence-electron chi connectivity index (χ1n) is 5.55. The van der Waals surface area contributed by atoms with Crippen molar-refractivity contribution in [1.29, 1.82) is 0 Å². The summed E-state index contributed by atoms with van der Waals surface area (Å²) in [6.07, 6.45) is 5.24. The van der Waals surface area contributed by atoms with Crippen LogP contribution in [0.25, 0.3) is 0 Å². The van der Waals surface area contributed by atoms with Gasteiger partial charge < -0.3 is 11.1 Å². The van der Waals surface area contributed by atoms with Crippen LogP contribution >= 0.6 is 0 Å². The van der Waals surface area contributed by atoms with E-state index in [0.29, 0.717) is 0 Å². The molecule has 2 atom stereocenters. The Balaban J connectivity index is 2.02. The van der Waals surface area contributed by atoms with Crippen LogP contribution in [0.1, 0.15) is 46.0 Å². The molecule has 0 radical (unpaired) electrons. The molecule has 14 heavy (non-hydrogen) atoms. The van der Waals surface area contributed by atoms with Crippen molar-refractivity contribution in [2.75, 3.05) is 0 Å². The number of rotatable bonds is 2. The Kier molecular flexibility index (Phi) is 2.11. The highest BCUT2D eigenvalue weighted by Gasteiger charge is 2.47. The van der Waals surface area contributed by atoms with Crippen molar-refractivity contribution < 1.29 is 4.79 Å². The molecular weight excluding hydrogens is 176 g/mol. The Morgan fingerprint density at radius 2 is 2.00 bits per heavy atom. The average Bonchev–Trinajstić information content (AvgIpc) is 2.72. The maximum Gasteiger partial charge on any atom is 0.227 e. The molecule has 3 N–H and O–H groups in total. The lowest BCUT2D eigenvalue weighted by Crippen LogP contribution is -2.50. The van der Waals surface area contributed by atoms with E-state index in [2.05, 4.69) is 12.2 Å². The van der Waals surface area contributed by atoms with Gasteiger partial charge in [0.15, 0.2) is 0 Å². The van der Waals surface area contributed by atoms with E-state index in [1.807, 2.05) is 6.92 Å². The molecule has 3 heteroatoms. The van der Waals surface area contributed by atoms with Gasteiger partial charge in [-0.15, -0.1) is 0 Å². The SMILES string of the molecule is CC1(NC(=O)C2(C)CCCC2N)CC1. The predicted octanol–water partition coefficient (Wildman–Crippen LogP) is 1.17. The first-order chi connectivity index (χ1) is 6.46. The summed E-state index contributed by atoms with van der Waals surface area (Å²) in [7, 11) is 0. The lowest BCUT2D eigenvalue weighted by Gasteiger charge is -2.29. The van der Waals surface area contributed by atoms with Gasteiger partial charge in [0, 0.05) is 11.6 Å². The second kappa shape index (κ2) is 2.96. The lowest BCUT2D eigenvalue weighted by atomic mass is 9.84. The molecule has 3 nitrogen and oxygen atoms in total. The van der Waals surface area contributed by atoms with Crippen molar-refractivity contribution in [2.45, 2.75) is 57.5 Å². The third-order valence-electron chi connectivity index (χ3n) is 3.96. The smallest absolute Gasteiger partial charge is 0.227 e. The van der Waals surface area contributed by atoms with Crippen molar-refractivity contribution in [2.24, 2.45) is 11.1 Å². The van der Waals surface area contributed by atoms with Crippen molar-refractivity contribution in [1.82, 2.24) is 5.32 Å². The van der Waals surface area contributed by atoms with Crippen LogP contribution in [-0.4, -0.2) is 17.5 Å². The Labute approximate surface area is 85.4 Å². The summed E-state index contributed by atoms with van der Waals surface area (Å²) in [5.74, 6) is 0.169. The summed E-state index contributed by atoms with van der Waals surface area (Å²) < 4.78 is 0. The maximum absolute atomic E-state index is 12.0. The molecule has 0 saturated heterocycles. The van der Waals surface area contributed by atoms with E-state index in [1.54, 1.807) is 0 Å². The third kappa shape index (κ3) is 1.54. The van der Waals surface area contributed by atoms with E-state index in [4.69, 9.17) is 5.73 Å². The highest BCUT2D eigenvalue weighted by atomic mass is 16.2. The van der Waals surface area contributed by atoms with Gasteiger partial charge in [-0.25, -0.2) is 0 Å². The fraction of sp³-hybridized carbons (Fsp3) is 0.909. The minimum Gasteiger partial charge on any atom is -0.350 e. The molecule has 2 rings (SSSR count). The summed E-state index contributed by atoms with van der Waals surface area (Å²) in [6, 6.07) is 0.0462. The van der Waals surface area contributed by atoms with Crippen molar-refractivity contribution in [3.8, 4) is 0 Å². The van der Waals surface area contributed by atoms with Gasteiger partial charge in [-0.1, -0.05) is 6.42 Å². The van der Waals surface area contributed by atoms with Gasteiger partial charge in [0.25, 0.3) is 0 Å². The number of amides is 1. The zero-order valence-electron chi connectivity index (χ0n) is 9.10. The fourth-order valence-corrected chi connectivity index (χ4v) is 2.20. The molecule has 0 heterocycles. The molecule has 1 amide bonds. The summed E-state index contributed by atoms with van der Waals surface area (Å²) in [5, 5.41) is 3.12. The van der Waals surface area contributed by atoms with Crippen LogP contribution in [-0.2, 0) is 4.79 Å². The lowest BCUT2D eigenvalue weighted by molar-refractivity contribution is -0.131. The number of hydrogen-bond acceptors (Lipinski definition) is 2. The number of carbonyl (C=O) groups excluding carboxylic acids is 1. The number of carbonyl (C=O) groups is 1. The van der Waals surface area contributed by atoms with Gasteiger partial charge in [-0.2, -0.15) is 0 Å². The van der Waals surface area contributed by atoms with Crippen LogP contribution in [0.15, 0.2) is 0 Å². The van der Waals surface area contributed by atoms with Gasteiger partial charge in [0.1, 0.15) is 0 Å². The largest absolute Gasteiger partial charge is 0.350 e. The average molecular weight is 196 g/mol. The van der Waals surface area contributed by atoms with Crippen molar-refractivity contribution >= 4 is 5.91 Å². The van der Waals surface area contributed by atoms with E-state index >= 15 is 0 Å². The minimum absolute atomic E-state index is 0.0462. The second-order valence-corrected chi connectivity index (χ2v) is 5.43. The normalized spacial score (nSPS) is 39.5. The summed E-state index contributed by atoms with van der Waals surface area (Å²) in [5.41, 5.74) is 5.76. The van der Waals surface area contributed by atoms with Crippen LogP contribution in [0.4, 0.5) is 0 Å². The van der Waals surface area contributed by atoms with E-state index in [-0.39, 0.29) is 22.9 Å². The van der Waals surface area contributed by atoms with E-state index in [0.717, 1.165) is 32.1 Å². The third-order valence-corrected chi connectivity index (χ3v) is 3.96. The van der Waals surface area contributed by atoms with E-state index < -0.39 is 0 Å². The quantitative estimate of drug-likeness (QED) is 0.696. The molecule has 0 aromatic carbocycles. The highest BCUT2D eigenvalue weighted by Crippen LogP contribution is 2.40. The number of hydrogen-bond donors (Lipinski definition) is 2. The second-order valence-electron chi connectivity index (χ2n) is 5.43. The highest BCUT2D eigenvalue weighted by molar-refractivity contribution is 5.84. The molecule has 2 aliphatic rings. The predicted molar refractivity (Wildman–Crippen MR) is 55.7 cm³/mol. The summed E-state index contributed by atoms with van der Waals surface area (Å²) in [6.45, 7) is 4.11. The Bertz CT molecular complexity index is 260. The topological polar surface area (TPSA) is 55.1 Å².